The van der Waals surface area contributed by atoms with Crippen LogP contribution < -0.4 is 5.43 Å². The van der Waals surface area contributed by atoms with Gasteiger partial charge in [0.1, 0.15) is 17.3 Å². The van der Waals surface area contributed by atoms with E-state index >= 15 is 0 Å². The molecule has 7 heteroatoms. The Kier molecular flexibility index (Phi) is 4.31. The molecule has 0 saturated heterocycles. The average Bonchev–Trinajstić information content (AvgIpc) is 3.13. The van der Waals surface area contributed by atoms with Crippen molar-refractivity contribution in [2.24, 2.45) is 0 Å². The molecule has 0 radical (unpaired) electrons. The highest BCUT2D eigenvalue weighted by molar-refractivity contribution is 7.71. The minimum atomic E-state index is -0.469. The van der Waals surface area contributed by atoms with Gasteiger partial charge in [0.15, 0.2) is 0 Å². The smallest absolute Gasteiger partial charge is 0.214 e. The van der Waals surface area contributed by atoms with E-state index in [1.807, 2.05) is 43.3 Å². The van der Waals surface area contributed by atoms with Gasteiger partial charge in [-0.3, -0.25) is 5.10 Å². The number of hydrogen-bond donors (Lipinski definition) is 3. The predicted octanol–water partition coefficient (Wildman–Crippen LogP) is 3.31. The van der Waals surface area contributed by atoms with Crippen LogP contribution in [0.2, 0.25) is 0 Å². The van der Waals surface area contributed by atoms with E-state index < -0.39 is 6.10 Å². The van der Waals surface area contributed by atoms with E-state index in [-0.39, 0.29) is 0 Å². The molecule has 1 aromatic carbocycles. The molecular formula is C16H18N4O2S. The van der Waals surface area contributed by atoms with Gasteiger partial charge in [0, 0.05) is 5.56 Å². The number of furan rings is 1. The summed E-state index contributed by atoms with van der Waals surface area (Å²) >= 11 is 5.13. The number of rotatable bonds is 5. The van der Waals surface area contributed by atoms with E-state index in [4.69, 9.17) is 16.6 Å². The molecule has 3 rings (SSSR count). The summed E-state index contributed by atoms with van der Waals surface area (Å²) < 4.78 is 8.07. The van der Waals surface area contributed by atoms with Gasteiger partial charge in [0.2, 0.25) is 4.77 Å². The number of aryl methyl sites for hydroxylation is 1. The van der Waals surface area contributed by atoms with Crippen LogP contribution in [0.15, 0.2) is 40.8 Å². The lowest BCUT2D eigenvalue weighted by molar-refractivity contribution is 0.199. The zero-order chi connectivity index (χ0) is 16.4. The van der Waals surface area contributed by atoms with Crippen LogP contribution in [0.4, 0.5) is 0 Å². The van der Waals surface area contributed by atoms with Crippen LogP contribution in [0.1, 0.15) is 30.2 Å². The highest BCUT2D eigenvalue weighted by Crippen LogP contribution is 2.24. The van der Waals surface area contributed by atoms with E-state index in [1.54, 1.807) is 11.6 Å². The molecule has 0 fully saturated rings. The van der Waals surface area contributed by atoms with Gasteiger partial charge < -0.3 is 14.9 Å². The third-order valence-electron chi connectivity index (χ3n) is 3.59. The molecule has 0 bridgehead atoms. The normalized spacial score (nSPS) is 12.3. The number of aliphatic hydroxyl groups is 1. The summed E-state index contributed by atoms with van der Waals surface area (Å²) in [4.78, 5) is 0. The van der Waals surface area contributed by atoms with Crippen molar-refractivity contribution in [2.45, 2.75) is 26.5 Å². The number of H-pyrrole nitrogens is 1. The van der Waals surface area contributed by atoms with Gasteiger partial charge in [0.25, 0.3) is 0 Å². The topological polar surface area (TPSA) is 79.0 Å². The van der Waals surface area contributed by atoms with Crippen molar-refractivity contribution >= 4 is 12.2 Å². The van der Waals surface area contributed by atoms with Crippen molar-refractivity contribution in [3.63, 3.8) is 0 Å². The van der Waals surface area contributed by atoms with Crippen LogP contribution in [0.25, 0.3) is 11.3 Å². The van der Waals surface area contributed by atoms with Crippen molar-refractivity contribution in [3.05, 3.63) is 58.3 Å². The van der Waals surface area contributed by atoms with Crippen molar-refractivity contribution in [1.82, 2.24) is 14.9 Å². The van der Waals surface area contributed by atoms with Crippen molar-refractivity contribution < 1.29 is 9.52 Å². The molecule has 0 aliphatic heterocycles. The first-order valence-corrected chi connectivity index (χ1v) is 7.70. The zero-order valence-electron chi connectivity index (χ0n) is 12.9. The molecule has 23 heavy (non-hydrogen) atoms. The second-order valence-electron chi connectivity index (χ2n) is 5.31. The molecule has 1 atom stereocenters. The summed E-state index contributed by atoms with van der Waals surface area (Å²) in [5, 5.41) is 16.3. The molecule has 3 aromatic rings. The lowest BCUT2D eigenvalue weighted by Crippen LogP contribution is -2.15. The lowest BCUT2D eigenvalue weighted by atomic mass is 10.1. The summed E-state index contributed by atoms with van der Waals surface area (Å²) in [5.41, 5.74) is 5.01. The molecule has 0 amide bonds. The highest BCUT2D eigenvalue weighted by Gasteiger charge is 2.07. The lowest BCUT2D eigenvalue weighted by Gasteiger charge is -2.06. The Morgan fingerprint density at radius 1 is 1.30 bits per heavy atom. The minimum absolute atomic E-state index is 0.469. The first-order chi connectivity index (χ1) is 11.0. The van der Waals surface area contributed by atoms with Crippen LogP contribution >= 0.6 is 12.2 Å². The number of nitrogens with zero attached hydrogens (tertiary/aromatic N) is 2. The molecule has 120 valence electrons. The predicted molar refractivity (Wildman–Crippen MR) is 90.0 cm³/mol. The second kappa shape index (κ2) is 6.39. The van der Waals surface area contributed by atoms with E-state index in [0.29, 0.717) is 11.3 Å². The fraction of sp³-hybridized carbons (Fsp3) is 0.250. The SMILES string of the molecule is Cc1n[nH]c(=S)n1NCc1ccc(-c2ccc([C@@H](C)O)cc2)o1. The Morgan fingerprint density at radius 3 is 2.65 bits per heavy atom. The van der Waals surface area contributed by atoms with Crippen molar-refractivity contribution in [2.75, 3.05) is 5.43 Å². The Bertz CT molecular complexity index is 846. The Labute approximate surface area is 138 Å². The van der Waals surface area contributed by atoms with Crippen LogP contribution in [0, 0.1) is 11.7 Å². The number of aliphatic hydroxyl groups excluding tert-OH is 1. The number of aromatic nitrogens is 3. The first kappa shape index (κ1) is 15.5. The molecule has 3 N–H and O–H groups in total. The standard InChI is InChI=1S/C16H18N4O2S/c1-10(21)12-3-5-13(6-4-12)15-8-7-14(22-15)9-17-20-11(2)18-19-16(20)23/h3-8,10,17,21H,9H2,1-2H3,(H,19,23)/t10-/m1/s1. The monoisotopic (exact) mass is 330 g/mol. The van der Waals surface area contributed by atoms with E-state index in [2.05, 4.69) is 15.6 Å². The Hall–Kier alpha value is -2.38. The fourth-order valence-electron chi connectivity index (χ4n) is 2.27. The summed E-state index contributed by atoms with van der Waals surface area (Å²) in [6.45, 7) is 4.10. The van der Waals surface area contributed by atoms with Crippen molar-refractivity contribution in [3.8, 4) is 11.3 Å². The molecule has 0 aliphatic rings. The number of benzene rings is 1. The second-order valence-corrected chi connectivity index (χ2v) is 5.70. The molecule has 0 spiro atoms. The number of nitrogens with one attached hydrogen (secondary N) is 2. The van der Waals surface area contributed by atoms with Gasteiger partial charge >= 0.3 is 0 Å². The summed E-state index contributed by atoms with van der Waals surface area (Å²) in [5.74, 6) is 2.34. The van der Waals surface area contributed by atoms with Crippen LogP contribution in [-0.2, 0) is 6.54 Å². The maximum absolute atomic E-state index is 9.54. The molecule has 2 heterocycles. The van der Waals surface area contributed by atoms with Crippen LogP contribution in [0.3, 0.4) is 0 Å². The van der Waals surface area contributed by atoms with E-state index in [9.17, 15) is 5.11 Å². The van der Waals surface area contributed by atoms with Gasteiger partial charge in [-0.15, -0.1) is 0 Å². The quantitative estimate of drug-likeness (QED) is 0.626. The molecule has 0 saturated carbocycles. The Morgan fingerprint density at radius 2 is 2.04 bits per heavy atom. The number of aromatic amines is 1. The third kappa shape index (κ3) is 3.35. The third-order valence-corrected chi connectivity index (χ3v) is 3.86. The highest BCUT2D eigenvalue weighted by atomic mass is 32.1. The van der Waals surface area contributed by atoms with Crippen LogP contribution in [0.5, 0.6) is 0 Å². The zero-order valence-corrected chi connectivity index (χ0v) is 13.7. The molecular weight excluding hydrogens is 312 g/mol. The molecule has 6 nitrogen and oxygen atoms in total. The summed E-state index contributed by atoms with van der Waals surface area (Å²) in [6.07, 6.45) is -0.469. The minimum Gasteiger partial charge on any atom is -0.459 e. The van der Waals surface area contributed by atoms with E-state index in [0.717, 1.165) is 28.5 Å². The largest absolute Gasteiger partial charge is 0.459 e. The maximum Gasteiger partial charge on any atom is 0.214 e. The van der Waals surface area contributed by atoms with Gasteiger partial charge in [-0.2, -0.15) is 5.10 Å². The fourth-order valence-corrected chi connectivity index (χ4v) is 2.52. The Balaban J connectivity index is 1.72. The molecule has 2 aromatic heterocycles. The summed E-state index contributed by atoms with van der Waals surface area (Å²) in [7, 11) is 0. The molecule has 0 unspecified atom stereocenters. The van der Waals surface area contributed by atoms with E-state index in [1.165, 1.54) is 0 Å². The van der Waals surface area contributed by atoms with Crippen molar-refractivity contribution in [1.29, 1.82) is 0 Å². The molecule has 0 aliphatic carbocycles. The van der Waals surface area contributed by atoms with Gasteiger partial charge in [-0.25, -0.2) is 4.68 Å². The van der Waals surface area contributed by atoms with Gasteiger partial charge in [-0.1, -0.05) is 24.3 Å². The number of hydrogen-bond acceptors (Lipinski definition) is 5. The summed E-state index contributed by atoms with van der Waals surface area (Å²) in [6, 6.07) is 11.5. The van der Waals surface area contributed by atoms with Gasteiger partial charge in [0.05, 0.1) is 12.6 Å². The van der Waals surface area contributed by atoms with Gasteiger partial charge in [-0.05, 0) is 43.8 Å². The maximum atomic E-state index is 9.54. The average molecular weight is 330 g/mol. The first-order valence-electron chi connectivity index (χ1n) is 7.29. The van der Waals surface area contributed by atoms with Crippen LogP contribution in [-0.4, -0.2) is 20.0 Å².